The van der Waals surface area contributed by atoms with Crippen molar-refractivity contribution >= 4 is 41.3 Å². The van der Waals surface area contributed by atoms with Crippen LogP contribution >= 0.6 is 11.8 Å². The first kappa shape index (κ1) is 23.9. The molecule has 1 aromatic rings. The van der Waals surface area contributed by atoms with E-state index in [2.05, 4.69) is 5.32 Å². The highest BCUT2D eigenvalue weighted by Crippen LogP contribution is 2.49. The lowest BCUT2D eigenvalue weighted by Crippen LogP contribution is -2.77. The Balaban J connectivity index is 1.94. The van der Waals surface area contributed by atoms with Crippen molar-refractivity contribution in [1.82, 2.24) is 10.2 Å². The number of aliphatic hydroxyl groups is 1. The number of nitrogens with zero attached hydrogens (tertiary/aromatic N) is 2. The van der Waals surface area contributed by atoms with Crippen molar-refractivity contribution in [3.63, 3.8) is 0 Å². The molecule has 3 amide bonds. The highest BCUT2D eigenvalue weighted by atomic mass is 32.2. The van der Waals surface area contributed by atoms with E-state index in [1.54, 1.807) is 51.1 Å². The fourth-order valence-corrected chi connectivity index (χ4v) is 5.64. The molecule has 174 valence electrons. The molecule has 0 radical (unpaired) electrons. The molecule has 2 aliphatic rings. The summed E-state index contributed by atoms with van der Waals surface area (Å²) >= 11 is 1.04. The van der Waals surface area contributed by atoms with Gasteiger partial charge in [-0.05, 0) is 32.9 Å². The molecule has 0 aromatic heterocycles. The lowest BCUT2D eigenvalue weighted by Gasteiger charge is -2.57. The number of fused-ring (bicyclic) bond motifs is 1. The van der Waals surface area contributed by atoms with Crippen molar-refractivity contribution in [2.45, 2.75) is 50.1 Å². The molecular formula is C21H27N3O7S. The average Bonchev–Trinajstić information content (AvgIpc) is 2.71. The first-order valence-electron chi connectivity index (χ1n) is 10.1. The minimum absolute atomic E-state index is 0.302. The van der Waals surface area contributed by atoms with Crippen LogP contribution in [0.5, 0.6) is 0 Å². The molecule has 3 N–H and O–H groups in total. The van der Waals surface area contributed by atoms with Gasteiger partial charge in [-0.3, -0.25) is 19.3 Å². The highest BCUT2D eigenvalue weighted by Gasteiger charge is 2.63. The van der Waals surface area contributed by atoms with Crippen molar-refractivity contribution in [2.75, 3.05) is 18.1 Å². The lowest BCUT2D eigenvalue weighted by molar-refractivity contribution is -0.162. The number of rotatable bonds is 5. The summed E-state index contributed by atoms with van der Waals surface area (Å²) in [5, 5.41) is 21.1. The third kappa shape index (κ3) is 4.26. The zero-order valence-electron chi connectivity index (χ0n) is 18.3. The third-order valence-electron chi connectivity index (χ3n) is 5.32. The maximum Gasteiger partial charge on any atom is 0.408 e. The number of ether oxygens (including phenoxy) is 1. The number of amides is 3. The molecule has 32 heavy (non-hydrogen) atoms. The normalized spacial score (nSPS) is 27.1. The summed E-state index contributed by atoms with van der Waals surface area (Å²) in [6, 6.07) is 7.59. The molecule has 3 unspecified atom stereocenters. The van der Waals surface area contributed by atoms with Gasteiger partial charge in [-0.1, -0.05) is 18.2 Å². The minimum atomic E-state index is -1.81. The van der Waals surface area contributed by atoms with Crippen molar-refractivity contribution < 1.29 is 34.1 Å². The maximum absolute atomic E-state index is 12.7. The molecule has 1 aromatic carbocycles. The van der Waals surface area contributed by atoms with Crippen LogP contribution in [0.3, 0.4) is 0 Å². The summed E-state index contributed by atoms with van der Waals surface area (Å²) in [5.74, 6) is -2.21. The molecule has 3 rings (SSSR count). The topological polar surface area (TPSA) is 136 Å². The second kappa shape index (κ2) is 8.62. The molecule has 0 saturated carbocycles. The van der Waals surface area contributed by atoms with Gasteiger partial charge in [0.25, 0.3) is 0 Å². The Morgan fingerprint density at radius 2 is 1.91 bits per heavy atom. The molecule has 4 atom stereocenters. The molecular weight excluding hydrogens is 438 g/mol. The molecule has 2 aliphatic heterocycles. The predicted molar refractivity (Wildman–Crippen MR) is 117 cm³/mol. The number of aliphatic hydroxyl groups excluding tert-OH is 1. The number of carboxylic acids is 1. The number of hydrogen-bond acceptors (Lipinski definition) is 7. The molecule has 2 saturated heterocycles. The summed E-state index contributed by atoms with van der Waals surface area (Å²) in [4.78, 5) is 52.5. The molecule has 10 nitrogen and oxygen atoms in total. The number of β-lactam (4-membered cyclic amide) rings is 1. The molecule has 0 spiro atoms. The summed E-state index contributed by atoms with van der Waals surface area (Å²) < 4.78 is 5.23. The number of hydrogen-bond donors (Lipinski definition) is 3. The van der Waals surface area contributed by atoms with Gasteiger partial charge in [-0.25, -0.2) is 4.79 Å². The van der Waals surface area contributed by atoms with Gasteiger partial charge in [-0.2, -0.15) is 0 Å². The summed E-state index contributed by atoms with van der Waals surface area (Å²) in [6.45, 7) is 5.31. The molecule has 11 heteroatoms. The Bertz CT molecular complexity index is 920. The van der Waals surface area contributed by atoms with E-state index in [9.17, 15) is 29.4 Å². The monoisotopic (exact) mass is 465 g/mol. The van der Waals surface area contributed by atoms with Gasteiger partial charge in [0, 0.05) is 19.2 Å². The van der Waals surface area contributed by atoms with E-state index < -0.39 is 58.3 Å². The minimum Gasteiger partial charge on any atom is -0.481 e. The van der Waals surface area contributed by atoms with E-state index in [4.69, 9.17) is 4.74 Å². The largest absolute Gasteiger partial charge is 0.481 e. The Labute approximate surface area is 189 Å². The number of para-hydroxylation sites is 1. The fraction of sp³-hybridized carbons (Fsp3) is 0.524. The maximum atomic E-state index is 12.7. The van der Waals surface area contributed by atoms with Crippen LogP contribution in [0.25, 0.3) is 0 Å². The number of anilines is 1. The van der Waals surface area contributed by atoms with Crippen LogP contribution in [0, 0.1) is 5.41 Å². The van der Waals surface area contributed by atoms with E-state index in [1.165, 1.54) is 16.7 Å². The number of alkyl carbamates (subject to hydrolysis) is 1. The first-order valence-corrected chi connectivity index (χ1v) is 11.0. The van der Waals surface area contributed by atoms with Crippen LogP contribution in [-0.2, 0) is 19.1 Å². The van der Waals surface area contributed by atoms with Crippen LogP contribution in [0.2, 0.25) is 0 Å². The van der Waals surface area contributed by atoms with E-state index >= 15 is 0 Å². The Hall–Kier alpha value is -2.79. The van der Waals surface area contributed by atoms with E-state index in [1.807, 2.05) is 0 Å². The van der Waals surface area contributed by atoms with Crippen LogP contribution in [0.4, 0.5) is 10.5 Å². The quantitative estimate of drug-likeness (QED) is 0.553. The highest BCUT2D eigenvalue weighted by molar-refractivity contribution is 8.00. The van der Waals surface area contributed by atoms with Gasteiger partial charge >= 0.3 is 12.1 Å². The van der Waals surface area contributed by atoms with Gasteiger partial charge in [-0.15, -0.1) is 11.8 Å². The van der Waals surface area contributed by atoms with Crippen molar-refractivity contribution in [3.05, 3.63) is 30.3 Å². The van der Waals surface area contributed by atoms with Crippen LogP contribution < -0.4 is 10.2 Å². The predicted octanol–water partition coefficient (Wildman–Crippen LogP) is 1.24. The van der Waals surface area contributed by atoms with Crippen molar-refractivity contribution in [3.8, 4) is 0 Å². The first-order chi connectivity index (χ1) is 14.9. The second-order valence-corrected chi connectivity index (χ2v) is 10.0. The van der Waals surface area contributed by atoms with Crippen LogP contribution in [0.1, 0.15) is 27.7 Å². The summed E-state index contributed by atoms with van der Waals surface area (Å²) in [5.41, 5.74) is -2.10. The van der Waals surface area contributed by atoms with E-state index in [-0.39, 0.29) is 6.54 Å². The smallest absolute Gasteiger partial charge is 0.408 e. The second-order valence-electron chi connectivity index (χ2n) is 8.81. The zero-order chi connectivity index (χ0) is 23.8. The van der Waals surface area contributed by atoms with Gasteiger partial charge in [0.2, 0.25) is 11.8 Å². The van der Waals surface area contributed by atoms with Crippen molar-refractivity contribution in [2.24, 2.45) is 5.41 Å². The lowest BCUT2D eigenvalue weighted by atomic mass is 9.84. The number of carboxylic acid groups (broad SMARTS) is 1. The average molecular weight is 466 g/mol. The van der Waals surface area contributed by atoms with Gasteiger partial charge in [0.05, 0.1) is 6.61 Å². The standard InChI is InChI=1S/C21H27N3O7S/c1-12(26)24(13-8-6-5-7-9-13)17-21(11-25,18(28)29)10-23-15(27)14(16(23)32-17)22-19(30)31-20(2,3)4/h5-9,14,16-17,25H,10-11H2,1-4H3,(H,22,30)(H,28,29)/t14?,16-,17?,21?/m1/s1. The molecule has 2 fully saturated rings. The zero-order valence-corrected chi connectivity index (χ0v) is 19.1. The Morgan fingerprint density at radius 1 is 1.28 bits per heavy atom. The molecule has 0 aliphatic carbocycles. The van der Waals surface area contributed by atoms with Gasteiger partial charge in [0.15, 0.2) is 0 Å². The fourth-order valence-electron chi connectivity index (χ4n) is 3.80. The van der Waals surface area contributed by atoms with Crippen LogP contribution in [0.15, 0.2) is 30.3 Å². The van der Waals surface area contributed by atoms with E-state index in [0.717, 1.165) is 11.8 Å². The number of thioether (sulfide) groups is 1. The number of carbonyl (C=O) groups is 4. The van der Waals surface area contributed by atoms with Gasteiger partial charge < -0.3 is 25.2 Å². The SMILES string of the molecule is CC(=O)N(c1ccccc1)C1S[C@@H]2C(NC(=O)OC(C)(C)C)C(=O)N2CC1(CO)C(=O)O. The molecule has 0 bridgehead atoms. The van der Waals surface area contributed by atoms with E-state index in [0.29, 0.717) is 5.69 Å². The van der Waals surface area contributed by atoms with Crippen molar-refractivity contribution in [1.29, 1.82) is 0 Å². The Morgan fingerprint density at radius 3 is 2.41 bits per heavy atom. The number of benzene rings is 1. The summed E-state index contributed by atoms with van der Waals surface area (Å²) in [6.07, 6.45) is -0.767. The number of nitrogens with one attached hydrogen (secondary N) is 1. The molecule has 2 heterocycles. The Kier molecular flexibility index (Phi) is 6.43. The third-order valence-corrected chi connectivity index (χ3v) is 7.05. The number of aliphatic carboxylic acids is 1. The summed E-state index contributed by atoms with van der Waals surface area (Å²) in [7, 11) is 0. The van der Waals surface area contributed by atoms with Crippen LogP contribution in [-0.4, -0.2) is 74.5 Å². The van der Waals surface area contributed by atoms with Gasteiger partial charge in [0.1, 0.15) is 27.8 Å². The number of carbonyl (C=O) groups excluding carboxylic acids is 3.